The van der Waals surface area contributed by atoms with Crippen molar-refractivity contribution in [1.29, 1.82) is 0 Å². The van der Waals surface area contributed by atoms with Crippen LogP contribution in [0, 0.1) is 0 Å². The van der Waals surface area contributed by atoms with Crippen molar-refractivity contribution in [1.82, 2.24) is 5.32 Å². The molecule has 1 aromatic rings. The molecule has 3 N–H and O–H groups in total. The molecule has 0 saturated carbocycles. The third-order valence-electron chi connectivity index (χ3n) is 1.53. The number of furan rings is 1. The Kier molecular flexibility index (Phi) is 3.08. The van der Waals surface area contributed by atoms with Gasteiger partial charge in [-0.2, -0.15) is 0 Å². The average molecular weight is 182 g/mol. The Morgan fingerprint density at radius 1 is 1.69 bits per heavy atom. The number of carbonyl (C=O) groups is 1. The number of amides is 1. The van der Waals surface area contributed by atoms with Gasteiger partial charge in [0.25, 0.3) is 5.91 Å². The predicted molar refractivity (Wildman–Crippen MR) is 49.2 cm³/mol. The van der Waals surface area contributed by atoms with Gasteiger partial charge in [0.1, 0.15) is 0 Å². The lowest BCUT2D eigenvalue weighted by molar-refractivity contribution is 0.0915. The lowest BCUT2D eigenvalue weighted by Crippen LogP contribution is -2.29. The number of hydrogen-bond acceptors (Lipinski definition) is 3. The van der Waals surface area contributed by atoms with Gasteiger partial charge in [0.2, 0.25) is 0 Å². The fourth-order valence-corrected chi connectivity index (χ4v) is 0.935. The van der Waals surface area contributed by atoms with Crippen LogP contribution < -0.4 is 11.1 Å². The summed E-state index contributed by atoms with van der Waals surface area (Å²) in [6.07, 6.45) is 1.50. The van der Waals surface area contributed by atoms with Gasteiger partial charge in [0.15, 0.2) is 5.76 Å². The second-order valence-corrected chi connectivity index (χ2v) is 3.15. The number of nitrogens with two attached hydrogens (primary N) is 1. The Bertz CT molecular complexity index is 292. The molecule has 4 nitrogen and oxygen atoms in total. The maximum absolute atomic E-state index is 11.3. The minimum atomic E-state index is -0.199. The molecule has 0 fully saturated rings. The van der Waals surface area contributed by atoms with E-state index < -0.39 is 0 Å². The zero-order valence-corrected chi connectivity index (χ0v) is 7.83. The second-order valence-electron chi connectivity index (χ2n) is 3.15. The monoisotopic (exact) mass is 182 g/mol. The van der Waals surface area contributed by atoms with Crippen molar-refractivity contribution in [3.8, 4) is 0 Å². The van der Waals surface area contributed by atoms with Crippen LogP contribution in [0.5, 0.6) is 0 Å². The first kappa shape index (κ1) is 9.80. The number of nitrogens with one attached hydrogen (secondary N) is 1. The summed E-state index contributed by atoms with van der Waals surface area (Å²) in [5.41, 5.74) is 6.20. The van der Waals surface area contributed by atoms with E-state index in [9.17, 15) is 4.79 Å². The van der Waals surface area contributed by atoms with Gasteiger partial charge in [-0.15, -0.1) is 0 Å². The molecule has 0 spiro atoms. The van der Waals surface area contributed by atoms with Gasteiger partial charge in [0.05, 0.1) is 6.26 Å². The van der Waals surface area contributed by atoms with E-state index in [1.165, 1.54) is 6.26 Å². The first-order valence-electron chi connectivity index (χ1n) is 4.22. The minimum Gasteiger partial charge on any atom is -0.459 e. The molecule has 0 atom stereocenters. The van der Waals surface area contributed by atoms with Crippen molar-refractivity contribution in [3.63, 3.8) is 0 Å². The molecular formula is C9H14N2O2. The molecule has 0 aliphatic carbocycles. The molecule has 0 aliphatic rings. The highest BCUT2D eigenvalue weighted by Crippen LogP contribution is 2.06. The van der Waals surface area contributed by atoms with Crippen LogP contribution in [0.3, 0.4) is 0 Å². The SMILES string of the molecule is CC(C)NC(=O)c1cc(CN)co1. The topological polar surface area (TPSA) is 68.3 Å². The van der Waals surface area contributed by atoms with E-state index in [4.69, 9.17) is 10.2 Å². The van der Waals surface area contributed by atoms with Crippen LogP contribution in [0.1, 0.15) is 30.0 Å². The molecule has 0 radical (unpaired) electrons. The molecule has 72 valence electrons. The van der Waals surface area contributed by atoms with E-state index in [0.29, 0.717) is 12.3 Å². The number of rotatable bonds is 3. The van der Waals surface area contributed by atoms with Crippen LogP contribution in [0.15, 0.2) is 16.7 Å². The largest absolute Gasteiger partial charge is 0.459 e. The Morgan fingerprint density at radius 3 is 2.85 bits per heavy atom. The summed E-state index contributed by atoms with van der Waals surface area (Å²) >= 11 is 0. The van der Waals surface area contributed by atoms with Crippen LogP contribution >= 0.6 is 0 Å². The quantitative estimate of drug-likeness (QED) is 0.729. The summed E-state index contributed by atoms with van der Waals surface area (Å²) in [4.78, 5) is 11.3. The maximum Gasteiger partial charge on any atom is 0.287 e. The first-order chi connectivity index (χ1) is 6.13. The van der Waals surface area contributed by atoms with Crippen LogP contribution in [0.25, 0.3) is 0 Å². The van der Waals surface area contributed by atoms with Gasteiger partial charge < -0.3 is 15.5 Å². The fourth-order valence-electron chi connectivity index (χ4n) is 0.935. The van der Waals surface area contributed by atoms with Gasteiger partial charge >= 0.3 is 0 Å². The van der Waals surface area contributed by atoms with Crippen molar-refractivity contribution in [2.75, 3.05) is 0 Å². The Morgan fingerprint density at radius 2 is 2.38 bits per heavy atom. The molecule has 1 heterocycles. The lowest BCUT2D eigenvalue weighted by Gasteiger charge is -2.04. The van der Waals surface area contributed by atoms with E-state index in [1.807, 2.05) is 13.8 Å². The summed E-state index contributed by atoms with van der Waals surface area (Å²) in [7, 11) is 0. The lowest BCUT2D eigenvalue weighted by atomic mass is 10.3. The van der Waals surface area contributed by atoms with Gasteiger partial charge in [-0.3, -0.25) is 4.79 Å². The van der Waals surface area contributed by atoms with Crippen molar-refractivity contribution in [3.05, 3.63) is 23.7 Å². The molecule has 0 saturated heterocycles. The zero-order chi connectivity index (χ0) is 9.84. The number of carbonyl (C=O) groups excluding carboxylic acids is 1. The highest BCUT2D eigenvalue weighted by molar-refractivity contribution is 5.91. The molecule has 4 heteroatoms. The summed E-state index contributed by atoms with van der Waals surface area (Å²) in [5.74, 6) is 0.115. The Labute approximate surface area is 77.1 Å². The van der Waals surface area contributed by atoms with Crippen molar-refractivity contribution < 1.29 is 9.21 Å². The summed E-state index contributed by atoms with van der Waals surface area (Å²) in [5, 5.41) is 2.72. The van der Waals surface area contributed by atoms with Crippen molar-refractivity contribution >= 4 is 5.91 Å². The van der Waals surface area contributed by atoms with Gasteiger partial charge in [-0.1, -0.05) is 0 Å². The van der Waals surface area contributed by atoms with E-state index >= 15 is 0 Å². The normalized spacial score (nSPS) is 10.5. The summed E-state index contributed by atoms with van der Waals surface area (Å²) in [6, 6.07) is 1.76. The van der Waals surface area contributed by atoms with Crippen molar-refractivity contribution in [2.45, 2.75) is 26.4 Å². The van der Waals surface area contributed by atoms with Gasteiger partial charge in [0, 0.05) is 18.2 Å². The third kappa shape index (κ3) is 2.59. The van der Waals surface area contributed by atoms with E-state index in [2.05, 4.69) is 5.32 Å². The Hall–Kier alpha value is -1.29. The molecule has 0 aromatic carbocycles. The fraction of sp³-hybridized carbons (Fsp3) is 0.444. The second kappa shape index (κ2) is 4.09. The summed E-state index contributed by atoms with van der Waals surface area (Å²) < 4.78 is 5.03. The summed E-state index contributed by atoms with van der Waals surface area (Å²) in [6.45, 7) is 4.17. The molecule has 0 unspecified atom stereocenters. The van der Waals surface area contributed by atoms with E-state index in [1.54, 1.807) is 6.07 Å². The zero-order valence-electron chi connectivity index (χ0n) is 7.83. The van der Waals surface area contributed by atoms with Gasteiger partial charge in [-0.05, 0) is 19.9 Å². The van der Waals surface area contributed by atoms with E-state index in [0.717, 1.165) is 5.56 Å². The molecule has 13 heavy (non-hydrogen) atoms. The van der Waals surface area contributed by atoms with E-state index in [-0.39, 0.29) is 11.9 Å². The van der Waals surface area contributed by atoms with Crippen LogP contribution in [-0.2, 0) is 6.54 Å². The predicted octanol–water partition coefficient (Wildman–Crippen LogP) is 0.877. The number of hydrogen-bond donors (Lipinski definition) is 2. The molecule has 1 rings (SSSR count). The first-order valence-corrected chi connectivity index (χ1v) is 4.22. The Balaban J connectivity index is 2.66. The smallest absolute Gasteiger partial charge is 0.287 e. The molecular weight excluding hydrogens is 168 g/mol. The third-order valence-corrected chi connectivity index (χ3v) is 1.53. The van der Waals surface area contributed by atoms with Gasteiger partial charge in [-0.25, -0.2) is 0 Å². The standard InChI is InChI=1S/C9H14N2O2/c1-6(2)11-9(12)8-3-7(4-10)5-13-8/h3,5-6H,4,10H2,1-2H3,(H,11,12). The minimum absolute atomic E-state index is 0.110. The average Bonchev–Trinajstić information content (AvgIpc) is 2.50. The molecule has 1 amide bonds. The van der Waals surface area contributed by atoms with Crippen LogP contribution in [0.2, 0.25) is 0 Å². The molecule has 1 aromatic heterocycles. The van der Waals surface area contributed by atoms with Crippen LogP contribution in [0.4, 0.5) is 0 Å². The highest BCUT2D eigenvalue weighted by Gasteiger charge is 2.10. The molecule has 0 bridgehead atoms. The maximum atomic E-state index is 11.3. The molecule has 0 aliphatic heterocycles. The van der Waals surface area contributed by atoms with Crippen LogP contribution in [-0.4, -0.2) is 11.9 Å². The van der Waals surface area contributed by atoms with Crippen molar-refractivity contribution in [2.24, 2.45) is 5.73 Å². The highest BCUT2D eigenvalue weighted by atomic mass is 16.3.